The van der Waals surface area contributed by atoms with Gasteiger partial charge in [-0.3, -0.25) is 4.79 Å². The number of carbonyl (C=O) groups is 1. The Morgan fingerprint density at radius 3 is 2.79 bits per heavy atom. The Morgan fingerprint density at radius 1 is 1.43 bits per heavy atom. The number of benzene rings is 1. The first-order chi connectivity index (χ1) is 6.75. The molecule has 0 heterocycles. The van der Waals surface area contributed by atoms with E-state index in [2.05, 4.69) is 15.9 Å². The summed E-state index contributed by atoms with van der Waals surface area (Å²) in [5, 5.41) is 0.919. The maximum atomic E-state index is 11.0. The molecule has 0 aromatic heterocycles. The molecule has 0 saturated carbocycles. The molecule has 0 aliphatic heterocycles. The van der Waals surface area contributed by atoms with Gasteiger partial charge in [-0.05, 0) is 18.1 Å². The quantitative estimate of drug-likeness (QED) is 0.824. The third-order valence-corrected chi connectivity index (χ3v) is 2.26. The summed E-state index contributed by atoms with van der Waals surface area (Å²) in [5.74, 6) is -0.385. The highest BCUT2D eigenvalue weighted by atomic mass is 79.9. The molecule has 0 aliphatic rings. The summed E-state index contributed by atoms with van der Waals surface area (Å²) in [6, 6.07) is 7.31. The minimum absolute atomic E-state index is 0.385. The maximum absolute atomic E-state index is 11.0. The van der Waals surface area contributed by atoms with Crippen molar-refractivity contribution in [3.63, 3.8) is 0 Å². The fourth-order valence-electron chi connectivity index (χ4n) is 1.14. The lowest BCUT2D eigenvalue weighted by atomic mass is 10.1. The van der Waals surface area contributed by atoms with Crippen LogP contribution in [0.25, 0.3) is 6.08 Å². The van der Waals surface area contributed by atoms with Gasteiger partial charge in [0, 0.05) is 10.9 Å². The number of alkyl halides is 1. The van der Waals surface area contributed by atoms with Crippen molar-refractivity contribution >= 4 is 27.9 Å². The van der Waals surface area contributed by atoms with Crippen LogP contribution in [0.3, 0.4) is 0 Å². The van der Waals surface area contributed by atoms with E-state index >= 15 is 0 Å². The second-order valence-electron chi connectivity index (χ2n) is 2.83. The van der Waals surface area contributed by atoms with E-state index in [0.717, 1.165) is 17.3 Å². The average Bonchev–Trinajstić information content (AvgIpc) is 2.19. The minimum atomic E-state index is -0.385. The number of carbonyl (C=O) groups excluding carboxylic acids is 1. The highest BCUT2D eigenvalue weighted by Gasteiger charge is 2.02. The van der Waals surface area contributed by atoms with Crippen LogP contribution in [0.2, 0.25) is 0 Å². The zero-order chi connectivity index (χ0) is 10.4. The number of allylic oxidation sites excluding steroid dienone is 1. The zero-order valence-electron chi connectivity index (χ0n) is 7.74. The molecule has 0 bridgehead atoms. The van der Waals surface area contributed by atoms with Gasteiger partial charge in [-0.1, -0.05) is 46.3 Å². The number of hydrogen-bond acceptors (Lipinski definition) is 1. The van der Waals surface area contributed by atoms with Crippen LogP contribution in [0.4, 0.5) is 0 Å². The average molecular weight is 254 g/mol. The number of halogens is 1. The molecule has 2 N–H and O–H groups in total. The summed E-state index contributed by atoms with van der Waals surface area (Å²) in [6.45, 7) is 0. The van der Waals surface area contributed by atoms with Gasteiger partial charge in [-0.25, -0.2) is 0 Å². The Bertz CT molecular complexity index is 347. The van der Waals surface area contributed by atoms with Crippen LogP contribution >= 0.6 is 15.9 Å². The summed E-state index contributed by atoms with van der Waals surface area (Å²) in [6.07, 6.45) is 4.87. The van der Waals surface area contributed by atoms with Crippen LogP contribution in [0.5, 0.6) is 0 Å². The van der Waals surface area contributed by atoms with Crippen LogP contribution in [-0.4, -0.2) is 11.2 Å². The van der Waals surface area contributed by atoms with Gasteiger partial charge < -0.3 is 5.73 Å². The predicted octanol–water partition coefficient (Wildman–Crippen LogP) is 2.58. The zero-order valence-corrected chi connectivity index (χ0v) is 9.33. The van der Waals surface area contributed by atoms with Crippen molar-refractivity contribution in [2.45, 2.75) is 6.42 Å². The van der Waals surface area contributed by atoms with Crippen molar-refractivity contribution in [2.24, 2.45) is 5.73 Å². The van der Waals surface area contributed by atoms with Gasteiger partial charge in [0.15, 0.2) is 0 Å². The van der Waals surface area contributed by atoms with Crippen molar-refractivity contribution < 1.29 is 4.79 Å². The van der Waals surface area contributed by atoms with E-state index in [1.807, 2.05) is 30.4 Å². The summed E-state index contributed by atoms with van der Waals surface area (Å²) < 4.78 is 0. The second kappa shape index (κ2) is 5.60. The Morgan fingerprint density at radius 2 is 2.14 bits per heavy atom. The van der Waals surface area contributed by atoms with E-state index in [0.29, 0.717) is 5.56 Å². The van der Waals surface area contributed by atoms with Crippen LogP contribution < -0.4 is 5.73 Å². The Labute approximate surface area is 91.9 Å². The van der Waals surface area contributed by atoms with E-state index in [4.69, 9.17) is 5.73 Å². The number of amides is 1. The van der Waals surface area contributed by atoms with Gasteiger partial charge in [0.2, 0.25) is 5.91 Å². The molecule has 0 atom stereocenters. The van der Waals surface area contributed by atoms with Crippen LogP contribution in [0.15, 0.2) is 30.3 Å². The van der Waals surface area contributed by atoms with E-state index in [-0.39, 0.29) is 5.91 Å². The smallest absolute Gasteiger partial charge is 0.249 e. The molecule has 14 heavy (non-hydrogen) atoms. The molecule has 1 aromatic carbocycles. The molecule has 0 fully saturated rings. The molecule has 0 aliphatic carbocycles. The van der Waals surface area contributed by atoms with Crippen molar-refractivity contribution in [1.82, 2.24) is 0 Å². The third-order valence-electron chi connectivity index (χ3n) is 1.80. The first kappa shape index (κ1) is 11.0. The lowest BCUT2D eigenvalue weighted by molar-refractivity contribution is 0.1000. The molecule has 3 heteroatoms. The molecular formula is C11H12BrNO. The summed E-state index contributed by atoms with van der Waals surface area (Å²) in [7, 11) is 0. The lowest BCUT2D eigenvalue weighted by Gasteiger charge is -2.00. The monoisotopic (exact) mass is 253 g/mol. The molecule has 0 saturated heterocycles. The van der Waals surface area contributed by atoms with Gasteiger partial charge in [0.25, 0.3) is 0 Å². The van der Waals surface area contributed by atoms with Gasteiger partial charge in [-0.2, -0.15) is 0 Å². The van der Waals surface area contributed by atoms with Gasteiger partial charge in [0.1, 0.15) is 0 Å². The van der Waals surface area contributed by atoms with Crippen molar-refractivity contribution in [2.75, 3.05) is 5.33 Å². The highest BCUT2D eigenvalue weighted by Crippen LogP contribution is 2.10. The van der Waals surface area contributed by atoms with Gasteiger partial charge in [-0.15, -0.1) is 0 Å². The fourth-order valence-corrected chi connectivity index (χ4v) is 1.40. The topological polar surface area (TPSA) is 43.1 Å². The Hall–Kier alpha value is -1.09. The number of rotatable bonds is 4. The number of primary amides is 1. The molecule has 1 amide bonds. The molecule has 1 aromatic rings. The SMILES string of the molecule is NC(=O)c1ccccc1C=CCCBr. The lowest BCUT2D eigenvalue weighted by Crippen LogP contribution is -2.12. The van der Waals surface area contributed by atoms with E-state index in [9.17, 15) is 4.79 Å². The molecule has 0 spiro atoms. The van der Waals surface area contributed by atoms with E-state index in [1.165, 1.54) is 0 Å². The normalized spacial score (nSPS) is 10.6. The summed E-state index contributed by atoms with van der Waals surface area (Å²) in [4.78, 5) is 11.0. The predicted molar refractivity (Wildman–Crippen MR) is 62.4 cm³/mol. The van der Waals surface area contributed by atoms with Gasteiger partial charge in [0.05, 0.1) is 0 Å². The van der Waals surface area contributed by atoms with Crippen LogP contribution in [-0.2, 0) is 0 Å². The summed E-state index contributed by atoms with van der Waals surface area (Å²) in [5.41, 5.74) is 6.68. The second-order valence-corrected chi connectivity index (χ2v) is 3.62. The Balaban J connectivity index is 2.90. The molecule has 2 nitrogen and oxygen atoms in total. The van der Waals surface area contributed by atoms with Crippen molar-refractivity contribution in [1.29, 1.82) is 0 Å². The summed E-state index contributed by atoms with van der Waals surface area (Å²) >= 11 is 3.33. The highest BCUT2D eigenvalue weighted by molar-refractivity contribution is 9.09. The van der Waals surface area contributed by atoms with E-state index in [1.54, 1.807) is 6.07 Å². The largest absolute Gasteiger partial charge is 0.366 e. The standard InChI is InChI=1S/C11H12BrNO/c12-8-4-3-6-9-5-1-2-7-10(9)11(13)14/h1-3,5-7H,4,8H2,(H2,13,14). The molecule has 0 radical (unpaired) electrons. The first-order valence-corrected chi connectivity index (χ1v) is 5.49. The van der Waals surface area contributed by atoms with E-state index < -0.39 is 0 Å². The molecule has 74 valence electrons. The van der Waals surface area contributed by atoms with Crippen LogP contribution in [0.1, 0.15) is 22.3 Å². The Kier molecular flexibility index (Phi) is 4.40. The number of nitrogens with two attached hydrogens (primary N) is 1. The first-order valence-electron chi connectivity index (χ1n) is 4.37. The molecular weight excluding hydrogens is 242 g/mol. The minimum Gasteiger partial charge on any atom is -0.366 e. The maximum Gasteiger partial charge on any atom is 0.249 e. The third kappa shape index (κ3) is 3.00. The van der Waals surface area contributed by atoms with Gasteiger partial charge >= 0.3 is 0 Å². The number of hydrogen-bond donors (Lipinski definition) is 1. The van der Waals surface area contributed by atoms with Crippen molar-refractivity contribution in [3.8, 4) is 0 Å². The molecule has 1 rings (SSSR count). The van der Waals surface area contributed by atoms with Crippen molar-refractivity contribution in [3.05, 3.63) is 41.5 Å². The fraction of sp³-hybridized carbons (Fsp3) is 0.182. The van der Waals surface area contributed by atoms with Crippen LogP contribution in [0, 0.1) is 0 Å². The molecule has 0 unspecified atom stereocenters.